The van der Waals surface area contributed by atoms with Crippen LogP contribution in [0.25, 0.3) is 0 Å². The molecule has 0 spiro atoms. The topological polar surface area (TPSA) is 26.3 Å². The predicted octanol–water partition coefficient (Wildman–Crippen LogP) is 4.44. The number of carbonyl (C=O) groups is 1. The molecule has 0 fully saturated rings. The van der Waals surface area contributed by atoms with Gasteiger partial charge in [0, 0.05) is 10.6 Å². The van der Waals surface area contributed by atoms with Gasteiger partial charge in [-0.1, -0.05) is 11.6 Å². The minimum Gasteiger partial charge on any atom is -0.483 e. The first-order chi connectivity index (χ1) is 9.47. The summed E-state index contributed by atoms with van der Waals surface area (Å²) in [5.74, 6) is 0.0101. The maximum Gasteiger partial charge on any atom is 0.202 e. The van der Waals surface area contributed by atoms with Gasteiger partial charge in [0.1, 0.15) is 11.6 Å². The predicted molar refractivity (Wildman–Crippen MR) is 77.0 cm³/mol. The molecule has 104 valence electrons. The van der Waals surface area contributed by atoms with E-state index in [0.717, 1.165) is 5.56 Å². The van der Waals surface area contributed by atoms with Crippen LogP contribution in [0, 0.1) is 12.7 Å². The second kappa shape index (κ2) is 6.06. The van der Waals surface area contributed by atoms with Crippen LogP contribution in [0.4, 0.5) is 4.39 Å². The average molecular weight is 293 g/mol. The van der Waals surface area contributed by atoms with Crippen molar-refractivity contribution in [1.29, 1.82) is 0 Å². The van der Waals surface area contributed by atoms with Crippen molar-refractivity contribution in [3.63, 3.8) is 0 Å². The minimum absolute atomic E-state index is 0.197. The summed E-state index contributed by atoms with van der Waals surface area (Å²) >= 11 is 5.93. The molecule has 20 heavy (non-hydrogen) atoms. The number of ketones is 1. The summed E-state index contributed by atoms with van der Waals surface area (Å²) < 4.78 is 18.4. The highest BCUT2D eigenvalue weighted by Crippen LogP contribution is 2.22. The van der Waals surface area contributed by atoms with Gasteiger partial charge in [-0.25, -0.2) is 4.39 Å². The Balaban J connectivity index is 2.11. The van der Waals surface area contributed by atoms with Crippen LogP contribution in [-0.4, -0.2) is 11.9 Å². The molecule has 2 rings (SSSR count). The van der Waals surface area contributed by atoms with E-state index in [2.05, 4.69) is 0 Å². The van der Waals surface area contributed by atoms with Gasteiger partial charge in [0.25, 0.3) is 0 Å². The van der Waals surface area contributed by atoms with Crippen molar-refractivity contribution in [2.24, 2.45) is 0 Å². The van der Waals surface area contributed by atoms with Crippen LogP contribution in [0.15, 0.2) is 42.5 Å². The first-order valence-electron chi connectivity index (χ1n) is 6.20. The lowest BCUT2D eigenvalue weighted by Gasteiger charge is -2.14. The monoisotopic (exact) mass is 292 g/mol. The summed E-state index contributed by atoms with van der Waals surface area (Å²) in [5, 5.41) is 0.648. The third-order valence-electron chi connectivity index (χ3n) is 2.94. The molecule has 0 N–H and O–H groups in total. The number of halogens is 2. The smallest absolute Gasteiger partial charge is 0.202 e. The van der Waals surface area contributed by atoms with Gasteiger partial charge in [0.15, 0.2) is 6.10 Å². The van der Waals surface area contributed by atoms with Crippen LogP contribution in [0.1, 0.15) is 22.8 Å². The van der Waals surface area contributed by atoms with Gasteiger partial charge in [0.2, 0.25) is 5.78 Å². The van der Waals surface area contributed by atoms with Crippen LogP contribution < -0.4 is 4.74 Å². The molecule has 0 saturated carbocycles. The van der Waals surface area contributed by atoms with Crippen LogP contribution >= 0.6 is 11.6 Å². The zero-order chi connectivity index (χ0) is 14.7. The average Bonchev–Trinajstić information content (AvgIpc) is 2.43. The fourth-order valence-electron chi connectivity index (χ4n) is 1.80. The number of Topliss-reactive ketones (excluding diaryl/α,β-unsaturated/α-hetero) is 1. The Labute approximate surface area is 122 Å². The van der Waals surface area contributed by atoms with Gasteiger partial charge >= 0.3 is 0 Å². The molecule has 0 aliphatic heterocycles. The molecule has 0 bridgehead atoms. The van der Waals surface area contributed by atoms with Crippen LogP contribution in [0.2, 0.25) is 5.02 Å². The summed E-state index contributed by atoms with van der Waals surface area (Å²) in [6.45, 7) is 3.53. The van der Waals surface area contributed by atoms with E-state index in [-0.39, 0.29) is 11.6 Å². The van der Waals surface area contributed by atoms with E-state index in [1.165, 1.54) is 24.3 Å². The van der Waals surface area contributed by atoms with Gasteiger partial charge in [-0.3, -0.25) is 4.79 Å². The number of rotatable bonds is 4. The van der Waals surface area contributed by atoms with Crippen LogP contribution in [-0.2, 0) is 0 Å². The Morgan fingerprint density at radius 2 is 1.85 bits per heavy atom. The molecule has 0 radical (unpaired) electrons. The lowest BCUT2D eigenvalue weighted by Crippen LogP contribution is -2.23. The maximum absolute atomic E-state index is 12.8. The van der Waals surface area contributed by atoms with Crippen molar-refractivity contribution in [3.8, 4) is 5.75 Å². The van der Waals surface area contributed by atoms with E-state index in [0.29, 0.717) is 16.3 Å². The molecular weight excluding hydrogens is 279 g/mol. The number of aryl methyl sites for hydroxylation is 1. The molecule has 2 aromatic rings. The lowest BCUT2D eigenvalue weighted by molar-refractivity contribution is 0.0818. The van der Waals surface area contributed by atoms with E-state index < -0.39 is 6.10 Å². The third-order valence-corrected chi connectivity index (χ3v) is 3.36. The summed E-state index contributed by atoms with van der Waals surface area (Å²) in [4.78, 5) is 12.1. The van der Waals surface area contributed by atoms with Crippen molar-refractivity contribution in [1.82, 2.24) is 0 Å². The number of hydrogen-bond acceptors (Lipinski definition) is 2. The SMILES string of the molecule is Cc1cc(OC(C)C(=O)c2ccc(F)cc2)ccc1Cl. The Morgan fingerprint density at radius 1 is 1.20 bits per heavy atom. The molecule has 1 unspecified atom stereocenters. The standard InChI is InChI=1S/C16H14ClFO2/c1-10-9-14(7-8-15(10)17)20-11(2)16(19)12-3-5-13(18)6-4-12/h3-9,11H,1-2H3. The number of carbonyl (C=O) groups excluding carboxylic acids is 1. The molecular formula is C16H14ClFO2. The number of hydrogen-bond donors (Lipinski definition) is 0. The Bertz CT molecular complexity index is 623. The van der Waals surface area contributed by atoms with E-state index in [4.69, 9.17) is 16.3 Å². The van der Waals surface area contributed by atoms with E-state index in [1.54, 1.807) is 25.1 Å². The van der Waals surface area contributed by atoms with Gasteiger partial charge in [0.05, 0.1) is 0 Å². The largest absolute Gasteiger partial charge is 0.483 e. The molecule has 0 saturated heterocycles. The second-order valence-electron chi connectivity index (χ2n) is 4.54. The molecule has 0 aromatic heterocycles. The van der Waals surface area contributed by atoms with Crippen LogP contribution in [0.3, 0.4) is 0 Å². The first kappa shape index (κ1) is 14.5. The summed E-state index contributed by atoms with van der Waals surface area (Å²) in [6, 6.07) is 10.6. The van der Waals surface area contributed by atoms with Crippen molar-refractivity contribution < 1.29 is 13.9 Å². The zero-order valence-corrected chi connectivity index (χ0v) is 11.9. The highest BCUT2D eigenvalue weighted by atomic mass is 35.5. The molecule has 0 heterocycles. The summed E-state index contributed by atoms with van der Waals surface area (Å²) in [7, 11) is 0. The highest BCUT2D eigenvalue weighted by molar-refractivity contribution is 6.31. The van der Waals surface area contributed by atoms with Gasteiger partial charge in [-0.2, -0.15) is 0 Å². The molecule has 0 amide bonds. The third kappa shape index (κ3) is 3.36. The quantitative estimate of drug-likeness (QED) is 0.779. The van der Waals surface area contributed by atoms with Gasteiger partial charge in [-0.05, 0) is 61.9 Å². The van der Waals surface area contributed by atoms with Crippen molar-refractivity contribution in [2.45, 2.75) is 20.0 Å². The van der Waals surface area contributed by atoms with E-state index in [9.17, 15) is 9.18 Å². The maximum atomic E-state index is 12.8. The number of ether oxygens (including phenoxy) is 1. The Hall–Kier alpha value is -1.87. The number of benzene rings is 2. The van der Waals surface area contributed by atoms with Gasteiger partial charge in [-0.15, -0.1) is 0 Å². The fraction of sp³-hybridized carbons (Fsp3) is 0.188. The molecule has 1 atom stereocenters. The molecule has 2 nitrogen and oxygen atoms in total. The summed E-state index contributed by atoms with van der Waals surface area (Å²) in [5.41, 5.74) is 1.30. The minimum atomic E-state index is -0.652. The zero-order valence-electron chi connectivity index (χ0n) is 11.2. The molecule has 2 aromatic carbocycles. The van der Waals surface area contributed by atoms with E-state index in [1.807, 2.05) is 6.92 Å². The first-order valence-corrected chi connectivity index (χ1v) is 6.58. The Kier molecular flexibility index (Phi) is 4.40. The normalized spacial score (nSPS) is 12.0. The second-order valence-corrected chi connectivity index (χ2v) is 4.95. The lowest BCUT2D eigenvalue weighted by atomic mass is 10.1. The Morgan fingerprint density at radius 3 is 2.45 bits per heavy atom. The van der Waals surface area contributed by atoms with E-state index >= 15 is 0 Å². The molecule has 4 heteroatoms. The van der Waals surface area contributed by atoms with Crippen molar-refractivity contribution in [2.75, 3.05) is 0 Å². The fourth-order valence-corrected chi connectivity index (χ4v) is 1.91. The van der Waals surface area contributed by atoms with Crippen molar-refractivity contribution >= 4 is 17.4 Å². The highest BCUT2D eigenvalue weighted by Gasteiger charge is 2.17. The molecule has 0 aliphatic rings. The van der Waals surface area contributed by atoms with Gasteiger partial charge < -0.3 is 4.74 Å². The summed E-state index contributed by atoms with van der Waals surface area (Å²) in [6.07, 6.45) is -0.652. The van der Waals surface area contributed by atoms with Crippen molar-refractivity contribution in [3.05, 3.63) is 64.4 Å². The molecule has 0 aliphatic carbocycles. The van der Waals surface area contributed by atoms with Crippen LogP contribution in [0.5, 0.6) is 5.75 Å².